The second-order valence-electron chi connectivity index (χ2n) is 4.41. The smallest absolute Gasteiger partial charge is 0.125 e. The van der Waals surface area contributed by atoms with Gasteiger partial charge in [0.25, 0.3) is 0 Å². The molecule has 0 spiro atoms. The fourth-order valence-electron chi connectivity index (χ4n) is 1.90. The lowest BCUT2D eigenvalue weighted by molar-refractivity contribution is 0.259. The number of ether oxygens (including phenoxy) is 1. The minimum atomic E-state index is -0.368. The third-order valence-corrected chi connectivity index (χ3v) is 2.83. The zero-order chi connectivity index (χ0) is 15.1. The molecular weight excluding hydrogens is 269 g/mol. The van der Waals surface area contributed by atoms with E-state index >= 15 is 0 Å². The molecule has 2 rings (SSSR count). The van der Waals surface area contributed by atoms with Gasteiger partial charge in [0, 0.05) is 11.1 Å². The summed E-state index contributed by atoms with van der Waals surface area (Å²) in [5.74, 6) is 5.70. The fraction of sp³-hybridized carbons (Fsp3) is 0.176. The van der Waals surface area contributed by atoms with Gasteiger partial charge in [0.05, 0.1) is 13.2 Å². The quantitative estimate of drug-likeness (QED) is 0.847. The van der Waals surface area contributed by atoms with Crippen LogP contribution in [0.15, 0.2) is 42.5 Å². The van der Waals surface area contributed by atoms with Crippen molar-refractivity contribution >= 4 is 0 Å². The van der Waals surface area contributed by atoms with Crippen LogP contribution in [0, 0.1) is 17.7 Å². The SMILES string of the molecule is NCC#Cc1cc(F)cc(COc2ccccc2CO)c1. The molecule has 21 heavy (non-hydrogen) atoms. The second kappa shape index (κ2) is 7.44. The van der Waals surface area contributed by atoms with E-state index in [0.29, 0.717) is 22.4 Å². The van der Waals surface area contributed by atoms with Crippen LogP contribution in [0.2, 0.25) is 0 Å². The first-order valence-electron chi connectivity index (χ1n) is 6.53. The van der Waals surface area contributed by atoms with E-state index in [9.17, 15) is 9.50 Å². The van der Waals surface area contributed by atoms with E-state index in [2.05, 4.69) is 11.8 Å². The molecule has 0 fully saturated rings. The van der Waals surface area contributed by atoms with Crippen LogP contribution in [0.1, 0.15) is 16.7 Å². The summed E-state index contributed by atoms with van der Waals surface area (Å²) in [6.07, 6.45) is 0. The summed E-state index contributed by atoms with van der Waals surface area (Å²) in [5.41, 5.74) is 7.23. The van der Waals surface area contributed by atoms with E-state index in [-0.39, 0.29) is 25.6 Å². The summed E-state index contributed by atoms with van der Waals surface area (Å²) in [6.45, 7) is 0.324. The number of benzene rings is 2. The highest BCUT2D eigenvalue weighted by Gasteiger charge is 2.04. The van der Waals surface area contributed by atoms with Crippen molar-refractivity contribution in [3.05, 3.63) is 65.0 Å². The number of para-hydroxylation sites is 1. The Kier molecular flexibility index (Phi) is 5.33. The van der Waals surface area contributed by atoms with Crippen molar-refractivity contribution in [2.75, 3.05) is 6.54 Å². The van der Waals surface area contributed by atoms with Crippen molar-refractivity contribution in [3.63, 3.8) is 0 Å². The highest BCUT2D eigenvalue weighted by molar-refractivity contribution is 5.38. The molecule has 0 aromatic heterocycles. The Labute approximate surface area is 123 Å². The average molecular weight is 285 g/mol. The molecule has 0 heterocycles. The van der Waals surface area contributed by atoms with Crippen molar-refractivity contribution in [3.8, 4) is 17.6 Å². The normalized spacial score (nSPS) is 9.86. The number of rotatable bonds is 4. The molecule has 0 unspecified atom stereocenters. The topological polar surface area (TPSA) is 55.5 Å². The number of nitrogens with two attached hydrogens (primary N) is 1. The Hall–Kier alpha value is -2.35. The largest absolute Gasteiger partial charge is 0.489 e. The van der Waals surface area contributed by atoms with Crippen LogP contribution in [0.4, 0.5) is 4.39 Å². The molecule has 2 aromatic rings. The molecule has 0 radical (unpaired) electrons. The van der Waals surface area contributed by atoms with E-state index < -0.39 is 0 Å². The van der Waals surface area contributed by atoms with Gasteiger partial charge in [-0.2, -0.15) is 0 Å². The summed E-state index contributed by atoms with van der Waals surface area (Å²) in [6, 6.07) is 11.7. The summed E-state index contributed by atoms with van der Waals surface area (Å²) < 4.78 is 19.2. The first-order valence-corrected chi connectivity index (χ1v) is 6.53. The molecule has 2 aromatic carbocycles. The molecule has 108 valence electrons. The van der Waals surface area contributed by atoms with Crippen LogP contribution in [0.3, 0.4) is 0 Å². The molecule has 0 atom stereocenters. The Morgan fingerprint density at radius 1 is 1.19 bits per heavy atom. The maximum absolute atomic E-state index is 13.5. The first-order chi connectivity index (χ1) is 10.2. The molecule has 3 nitrogen and oxygen atoms in total. The summed E-state index contributed by atoms with van der Waals surface area (Å²) in [7, 11) is 0. The van der Waals surface area contributed by atoms with Crippen molar-refractivity contribution in [1.82, 2.24) is 0 Å². The Bertz CT molecular complexity index is 674. The van der Waals surface area contributed by atoms with Crippen LogP contribution in [-0.2, 0) is 13.2 Å². The molecule has 0 bridgehead atoms. The monoisotopic (exact) mass is 285 g/mol. The van der Waals surface area contributed by atoms with Crippen molar-refractivity contribution < 1.29 is 14.2 Å². The summed E-state index contributed by atoms with van der Waals surface area (Å²) >= 11 is 0. The van der Waals surface area contributed by atoms with E-state index in [0.717, 1.165) is 0 Å². The first kappa shape index (κ1) is 15.0. The number of halogens is 1. The van der Waals surface area contributed by atoms with Crippen LogP contribution in [0.25, 0.3) is 0 Å². The lowest BCUT2D eigenvalue weighted by atomic mass is 10.1. The van der Waals surface area contributed by atoms with Crippen molar-refractivity contribution in [1.29, 1.82) is 0 Å². The Morgan fingerprint density at radius 2 is 2.00 bits per heavy atom. The van der Waals surface area contributed by atoms with Crippen LogP contribution in [0.5, 0.6) is 5.75 Å². The van der Waals surface area contributed by atoms with Gasteiger partial charge in [-0.25, -0.2) is 4.39 Å². The molecule has 0 aliphatic heterocycles. The molecule has 0 aliphatic carbocycles. The fourth-order valence-corrected chi connectivity index (χ4v) is 1.90. The van der Waals surface area contributed by atoms with E-state index in [4.69, 9.17) is 10.5 Å². The minimum Gasteiger partial charge on any atom is -0.489 e. The predicted octanol–water partition coefficient (Wildman–Crippen LogP) is 2.21. The minimum absolute atomic E-state index is 0.105. The molecule has 0 saturated heterocycles. The maximum atomic E-state index is 13.5. The van der Waals surface area contributed by atoms with Crippen molar-refractivity contribution in [2.45, 2.75) is 13.2 Å². The van der Waals surface area contributed by atoms with Gasteiger partial charge in [-0.3, -0.25) is 0 Å². The highest BCUT2D eigenvalue weighted by atomic mass is 19.1. The molecule has 3 N–H and O–H groups in total. The van der Waals surface area contributed by atoms with Gasteiger partial charge in [0.15, 0.2) is 0 Å². The van der Waals surface area contributed by atoms with Gasteiger partial charge in [-0.15, -0.1) is 0 Å². The van der Waals surface area contributed by atoms with Gasteiger partial charge in [-0.1, -0.05) is 30.0 Å². The van der Waals surface area contributed by atoms with E-state index in [1.54, 1.807) is 18.2 Å². The number of aliphatic hydroxyl groups excluding tert-OH is 1. The zero-order valence-electron chi connectivity index (χ0n) is 11.5. The number of hydrogen-bond acceptors (Lipinski definition) is 3. The number of hydrogen-bond donors (Lipinski definition) is 2. The standard InChI is InChI=1S/C17H16FNO2/c18-16-9-13(4-3-7-19)8-14(10-16)12-21-17-6-2-1-5-15(17)11-20/h1-2,5-6,8-10,20H,7,11-12,19H2. The van der Waals surface area contributed by atoms with Gasteiger partial charge in [0.2, 0.25) is 0 Å². The molecular formula is C17H16FNO2. The predicted molar refractivity (Wildman–Crippen MR) is 79.0 cm³/mol. The summed E-state index contributed by atoms with van der Waals surface area (Å²) in [4.78, 5) is 0. The third kappa shape index (κ3) is 4.32. The van der Waals surface area contributed by atoms with Gasteiger partial charge >= 0.3 is 0 Å². The van der Waals surface area contributed by atoms with Crippen molar-refractivity contribution in [2.24, 2.45) is 5.73 Å². The van der Waals surface area contributed by atoms with E-state index in [1.165, 1.54) is 12.1 Å². The molecule has 0 aliphatic rings. The molecule has 0 amide bonds. The van der Waals surface area contributed by atoms with Crippen LogP contribution >= 0.6 is 0 Å². The lowest BCUT2D eigenvalue weighted by Gasteiger charge is -2.10. The molecule has 4 heteroatoms. The van der Waals surface area contributed by atoms with Gasteiger partial charge < -0.3 is 15.6 Å². The number of aliphatic hydroxyl groups is 1. The van der Waals surface area contributed by atoms with Gasteiger partial charge in [-0.05, 0) is 29.8 Å². The molecule has 0 saturated carbocycles. The lowest BCUT2D eigenvalue weighted by Crippen LogP contribution is -2.00. The highest BCUT2D eigenvalue weighted by Crippen LogP contribution is 2.19. The van der Waals surface area contributed by atoms with Crippen LogP contribution < -0.4 is 10.5 Å². The van der Waals surface area contributed by atoms with E-state index in [1.807, 2.05) is 12.1 Å². The second-order valence-corrected chi connectivity index (χ2v) is 4.41. The zero-order valence-corrected chi connectivity index (χ0v) is 11.5. The Balaban J connectivity index is 2.14. The maximum Gasteiger partial charge on any atom is 0.125 e. The average Bonchev–Trinajstić information content (AvgIpc) is 2.50. The summed E-state index contributed by atoms with van der Waals surface area (Å²) in [5, 5.41) is 9.23. The third-order valence-electron chi connectivity index (χ3n) is 2.83. The van der Waals surface area contributed by atoms with Crippen LogP contribution in [-0.4, -0.2) is 11.7 Å². The van der Waals surface area contributed by atoms with Gasteiger partial charge in [0.1, 0.15) is 18.2 Å². The Morgan fingerprint density at radius 3 is 2.76 bits per heavy atom.